The first-order valence-electron chi connectivity index (χ1n) is 8.85. The third-order valence-corrected chi connectivity index (χ3v) is 5.17. The maximum absolute atomic E-state index is 12.8. The van der Waals surface area contributed by atoms with Crippen LogP contribution in [0.2, 0.25) is 0 Å². The highest BCUT2D eigenvalue weighted by atomic mass is 16.5. The third kappa shape index (κ3) is 3.12. The van der Waals surface area contributed by atoms with Gasteiger partial charge in [0.1, 0.15) is 11.4 Å². The predicted octanol–water partition coefficient (Wildman–Crippen LogP) is 2.53. The topological polar surface area (TPSA) is 62.7 Å². The van der Waals surface area contributed by atoms with Crippen LogP contribution in [0.3, 0.4) is 0 Å². The number of aliphatic hydroxyl groups is 1. The van der Waals surface area contributed by atoms with Crippen LogP contribution in [-0.4, -0.2) is 40.6 Å². The molecule has 0 aliphatic carbocycles. The van der Waals surface area contributed by atoms with Gasteiger partial charge in [-0.2, -0.15) is 0 Å². The molecule has 25 heavy (non-hydrogen) atoms. The maximum atomic E-state index is 12.8. The molecule has 1 N–H and O–H groups in total. The molecule has 1 saturated heterocycles. The minimum Gasteiger partial charge on any atom is -0.493 e. The molecule has 1 aromatic carbocycles. The summed E-state index contributed by atoms with van der Waals surface area (Å²) in [6.45, 7) is 1.80. The fourth-order valence-electron chi connectivity index (χ4n) is 3.65. The van der Waals surface area contributed by atoms with Crippen molar-refractivity contribution in [2.75, 3.05) is 19.7 Å². The second kappa shape index (κ2) is 6.48. The lowest BCUT2D eigenvalue weighted by molar-refractivity contribution is -0.0244. The van der Waals surface area contributed by atoms with E-state index in [2.05, 4.69) is 4.98 Å². The third-order valence-electron chi connectivity index (χ3n) is 5.17. The Morgan fingerprint density at radius 3 is 2.80 bits per heavy atom. The number of hydrogen-bond donors (Lipinski definition) is 1. The van der Waals surface area contributed by atoms with E-state index in [1.54, 1.807) is 6.20 Å². The molecule has 0 atom stereocenters. The van der Waals surface area contributed by atoms with E-state index in [0.29, 0.717) is 37.2 Å². The molecule has 1 amide bonds. The lowest BCUT2D eigenvalue weighted by atomic mass is 9.87. The van der Waals surface area contributed by atoms with Crippen LogP contribution in [-0.2, 0) is 12.0 Å². The monoisotopic (exact) mass is 338 g/mol. The van der Waals surface area contributed by atoms with E-state index in [1.165, 1.54) is 0 Å². The fourth-order valence-corrected chi connectivity index (χ4v) is 3.65. The van der Waals surface area contributed by atoms with Crippen molar-refractivity contribution in [3.8, 4) is 5.75 Å². The SMILES string of the molecule is O=C(c1ccc2c(c1)CCCO2)N1CCC(O)(c2ccccn2)CC1. The highest BCUT2D eigenvalue weighted by molar-refractivity contribution is 5.94. The predicted molar refractivity (Wildman–Crippen MR) is 93.5 cm³/mol. The van der Waals surface area contributed by atoms with Crippen LogP contribution >= 0.6 is 0 Å². The molecule has 4 rings (SSSR count). The molecule has 1 fully saturated rings. The van der Waals surface area contributed by atoms with Crippen molar-refractivity contribution in [3.05, 3.63) is 59.4 Å². The number of rotatable bonds is 2. The summed E-state index contributed by atoms with van der Waals surface area (Å²) in [5, 5.41) is 10.9. The Hall–Kier alpha value is -2.40. The minimum atomic E-state index is -0.943. The molecule has 2 aliphatic rings. The number of aryl methyl sites for hydroxylation is 1. The fraction of sp³-hybridized carbons (Fsp3) is 0.400. The van der Waals surface area contributed by atoms with Crippen LogP contribution in [0, 0.1) is 0 Å². The van der Waals surface area contributed by atoms with Crippen LogP contribution in [0.4, 0.5) is 0 Å². The lowest BCUT2D eigenvalue weighted by Crippen LogP contribution is -2.45. The zero-order valence-electron chi connectivity index (χ0n) is 14.1. The van der Waals surface area contributed by atoms with Crippen LogP contribution < -0.4 is 4.74 Å². The highest BCUT2D eigenvalue weighted by Gasteiger charge is 2.36. The Morgan fingerprint density at radius 1 is 1.20 bits per heavy atom. The van der Waals surface area contributed by atoms with E-state index in [1.807, 2.05) is 41.3 Å². The summed E-state index contributed by atoms with van der Waals surface area (Å²) in [6.07, 6.45) is 4.65. The first kappa shape index (κ1) is 16.1. The number of fused-ring (bicyclic) bond motifs is 1. The van der Waals surface area contributed by atoms with Crippen LogP contribution in [0.5, 0.6) is 5.75 Å². The molecule has 2 aromatic rings. The van der Waals surface area contributed by atoms with Crippen molar-refractivity contribution in [3.63, 3.8) is 0 Å². The molecule has 2 aliphatic heterocycles. The average Bonchev–Trinajstić information content (AvgIpc) is 2.68. The summed E-state index contributed by atoms with van der Waals surface area (Å²) < 4.78 is 5.62. The van der Waals surface area contributed by atoms with Gasteiger partial charge in [0.05, 0.1) is 12.3 Å². The van der Waals surface area contributed by atoms with E-state index in [0.717, 1.165) is 30.8 Å². The van der Waals surface area contributed by atoms with Crippen molar-refractivity contribution < 1.29 is 14.6 Å². The number of likely N-dealkylation sites (tertiary alicyclic amines) is 1. The van der Waals surface area contributed by atoms with Gasteiger partial charge in [-0.25, -0.2) is 0 Å². The number of carbonyl (C=O) groups excluding carboxylic acids is 1. The van der Waals surface area contributed by atoms with Gasteiger partial charge in [-0.1, -0.05) is 6.07 Å². The largest absolute Gasteiger partial charge is 0.493 e. The molecule has 0 unspecified atom stereocenters. The van der Waals surface area contributed by atoms with Gasteiger partial charge in [0, 0.05) is 24.8 Å². The molecule has 1 aromatic heterocycles. The number of aromatic nitrogens is 1. The zero-order valence-corrected chi connectivity index (χ0v) is 14.1. The quantitative estimate of drug-likeness (QED) is 0.914. The number of ether oxygens (including phenoxy) is 1. The normalized spacial score (nSPS) is 19.0. The molecular weight excluding hydrogens is 316 g/mol. The van der Waals surface area contributed by atoms with E-state index in [-0.39, 0.29) is 5.91 Å². The molecule has 3 heterocycles. The highest BCUT2D eigenvalue weighted by Crippen LogP contribution is 2.32. The van der Waals surface area contributed by atoms with Crippen molar-refractivity contribution in [1.29, 1.82) is 0 Å². The Morgan fingerprint density at radius 2 is 2.04 bits per heavy atom. The van der Waals surface area contributed by atoms with Gasteiger partial charge in [0.15, 0.2) is 0 Å². The molecule has 5 nitrogen and oxygen atoms in total. The van der Waals surface area contributed by atoms with Gasteiger partial charge in [-0.3, -0.25) is 9.78 Å². The van der Waals surface area contributed by atoms with Gasteiger partial charge in [0.25, 0.3) is 5.91 Å². The van der Waals surface area contributed by atoms with Crippen molar-refractivity contribution in [2.45, 2.75) is 31.3 Å². The molecule has 0 bridgehead atoms. The van der Waals surface area contributed by atoms with Crippen molar-refractivity contribution in [1.82, 2.24) is 9.88 Å². The summed E-state index contributed by atoms with van der Waals surface area (Å²) >= 11 is 0. The minimum absolute atomic E-state index is 0.0245. The van der Waals surface area contributed by atoms with E-state index < -0.39 is 5.60 Å². The summed E-state index contributed by atoms with van der Waals surface area (Å²) in [7, 11) is 0. The first-order chi connectivity index (χ1) is 12.2. The number of benzene rings is 1. The number of carbonyl (C=O) groups is 1. The second-order valence-corrected chi connectivity index (χ2v) is 6.81. The Bertz CT molecular complexity index is 768. The van der Waals surface area contributed by atoms with Gasteiger partial charge in [-0.05, 0) is 61.6 Å². The average molecular weight is 338 g/mol. The number of amides is 1. The number of nitrogens with zero attached hydrogens (tertiary/aromatic N) is 2. The van der Waals surface area contributed by atoms with Crippen LogP contribution in [0.25, 0.3) is 0 Å². The second-order valence-electron chi connectivity index (χ2n) is 6.81. The zero-order chi connectivity index (χ0) is 17.3. The van der Waals surface area contributed by atoms with Crippen LogP contribution in [0.15, 0.2) is 42.6 Å². The first-order valence-corrected chi connectivity index (χ1v) is 8.85. The smallest absolute Gasteiger partial charge is 0.253 e. The molecular formula is C20H22N2O3. The molecule has 130 valence electrons. The molecule has 5 heteroatoms. The number of piperidine rings is 1. The summed E-state index contributed by atoms with van der Waals surface area (Å²) in [6, 6.07) is 11.3. The van der Waals surface area contributed by atoms with Crippen molar-refractivity contribution >= 4 is 5.91 Å². The standard InChI is InChI=1S/C20H22N2O3/c23-19(16-6-7-17-15(14-16)4-3-13-25-17)22-11-8-20(24,9-12-22)18-5-1-2-10-21-18/h1-2,5-7,10,14,24H,3-4,8-9,11-13H2. The summed E-state index contributed by atoms with van der Waals surface area (Å²) in [4.78, 5) is 18.9. The van der Waals surface area contributed by atoms with Crippen LogP contribution in [0.1, 0.15) is 40.9 Å². The Labute approximate surface area is 147 Å². The van der Waals surface area contributed by atoms with Crippen molar-refractivity contribution in [2.24, 2.45) is 0 Å². The van der Waals surface area contributed by atoms with E-state index in [9.17, 15) is 9.90 Å². The van der Waals surface area contributed by atoms with E-state index in [4.69, 9.17) is 4.74 Å². The Balaban J connectivity index is 1.46. The number of hydrogen-bond acceptors (Lipinski definition) is 4. The molecule has 0 spiro atoms. The lowest BCUT2D eigenvalue weighted by Gasteiger charge is -2.37. The molecule has 0 saturated carbocycles. The molecule has 0 radical (unpaired) electrons. The Kier molecular flexibility index (Phi) is 4.17. The number of pyridine rings is 1. The van der Waals surface area contributed by atoms with Gasteiger partial charge in [-0.15, -0.1) is 0 Å². The van der Waals surface area contributed by atoms with E-state index >= 15 is 0 Å². The van der Waals surface area contributed by atoms with Gasteiger partial charge in [0.2, 0.25) is 0 Å². The maximum Gasteiger partial charge on any atom is 0.253 e. The summed E-state index contributed by atoms with van der Waals surface area (Å²) in [5.41, 5.74) is 1.56. The van der Waals surface area contributed by atoms with Gasteiger partial charge >= 0.3 is 0 Å². The summed E-state index contributed by atoms with van der Waals surface area (Å²) in [5.74, 6) is 0.919. The van der Waals surface area contributed by atoms with Gasteiger partial charge < -0.3 is 14.7 Å².